The summed E-state index contributed by atoms with van der Waals surface area (Å²) in [4.78, 5) is 11.3. The van der Waals surface area contributed by atoms with E-state index in [2.05, 4.69) is 31.2 Å². The summed E-state index contributed by atoms with van der Waals surface area (Å²) >= 11 is 0. The van der Waals surface area contributed by atoms with Crippen LogP contribution in [-0.2, 0) is 9.53 Å². The molecule has 0 amide bonds. The number of unbranched alkanes of at least 4 members (excludes halogenated alkanes) is 5. The summed E-state index contributed by atoms with van der Waals surface area (Å²) in [5, 5.41) is 17.7. The quantitative estimate of drug-likeness (QED) is 0.244. The predicted molar refractivity (Wildman–Crippen MR) is 103 cm³/mol. The van der Waals surface area contributed by atoms with Gasteiger partial charge in [-0.25, -0.2) is 0 Å². The highest BCUT2D eigenvalue weighted by atomic mass is 16.5. The third-order valence-corrected chi connectivity index (χ3v) is 3.68. The van der Waals surface area contributed by atoms with E-state index in [4.69, 9.17) is 14.9 Å². The molecule has 0 aliphatic carbocycles. The van der Waals surface area contributed by atoms with Gasteiger partial charge in [-0.15, -0.1) is 0 Å². The summed E-state index contributed by atoms with van der Waals surface area (Å²) in [6.45, 7) is 1.70. The first-order valence-electron chi connectivity index (χ1n) is 9.60. The number of rotatable bonds is 16. The Morgan fingerprint density at radius 1 is 0.920 bits per heavy atom. The number of hydrogen-bond donors (Lipinski definition) is 2. The lowest BCUT2D eigenvalue weighted by molar-refractivity contribution is -0.147. The van der Waals surface area contributed by atoms with E-state index in [0.717, 1.165) is 12.8 Å². The molecule has 4 nitrogen and oxygen atoms in total. The van der Waals surface area contributed by atoms with Crippen LogP contribution in [-0.4, -0.2) is 35.5 Å². The van der Waals surface area contributed by atoms with Crippen molar-refractivity contribution < 1.29 is 19.7 Å². The van der Waals surface area contributed by atoms with Crippen LogP contribution >= 0.6 is 0 Å². The second-order valence-corrected chi connectivity index (χ2v) is 6.15. The fourth-order valence-corrected chi connectivity index (χ4v) is 2.16. The smallest absolute Gasteiger partial charge is 0.306 e. The highest BCUT2D eigenvalue weighted by Gasteiger charge is 2.06. The Balaban J connectivity index is 3.46. The summed E-state index contributed by atoms with van der Waals surface area (Å²) < 4.78 is 4.81. The molecule has 0 fully saturated rings. The number of ether oxygens (including phenoxy) is 1. The van der Waals surface area contributed by atoms with Crippen molar-refractivity contribution >= 4 is 5.97 Å². The second kappa shape index (κ2) is 18.9. The number of carbonyl (C=O) groups is 1. The van der Waals surface area contributed by atoms with Gasteiger partial charge in [0.15, 0.2) is 0 Å². The second-order valence-electron chi connectivity index (χ2n) is 6.15. The van der Waals surface area contributed by atoms with Gasteiger partial charge in [-0.05, 0) is 32.1 Å². The molecule has 4 heteroatoms. The van der Waals surface area contributed by atoms with Crippen molar-refractivity contribution in [3.63, 3.8) is 0 Å². The molecule has 25 heavy (non-hydrogen) atoms. The molecule has 0 heterocycles. The van der Waals surface area contributed by atoms with E-state index in [-0.39, 0.29) is 12.6 Å². The number of aliphatic hydroxyl groups excluding tert-OH is 2. The van der Waals surface area contributed by atoms with Gasteiger partial charge in [-0.3, -0.25) is 4.79 Å². The van der Waals surface area contributed by atoms with Crippen LogP contribution < -0.4 is 0 Å². The molecule has 0 saturated carbocycles. The zero-order valence-electron chi connectivity index (χ0n) is 15.7. The van der Waals surface area contributed by atoms with Gasteiger partial charge in [0.25, 0.3) is 0 Å². The van der Waals surface area contributed by atoms with Gasteiger partial charge in [0.05, 0.1) is 6.61 Å². The molecule has 0 saturated heterocycles. The summed E-state index contributed by atoms with van der Waals surface area (Å²) in [7, 11) is 0. The third kappa shape index (κ3) is 18.8. The van der Waals surface area contributed by atoms with Gasteiger partial charge < -0.3 is 14.9 Å². The Bertz CT molecular complexity index is 385. The van der Waals surface area contributed by atoms with Crippen molar-refractivity contribution in [2.24, 2.45) is 0 Å². The molecule has 0 aliphatic rings. The Morgan fingerprint density at radius 3 is 2.16 bits per heavy atom. The Labute approximate surface area is 153 Å². The van der Waals surface area contributed by atoms with Crippen LogP contribution in [0.5, 0.6) is 0 Å². The van der Waals surface area contributed by atoms with Gasteiger partial charge >= 0.3 is 5.97 Å². The predicted octanol–water partition coefficient (Wildman–Crippen LogP) is 4.47. The van der Waals surface area contributed by atoms with Gasteiger partial charge in [-0.2, -0.15) is 0 Å². The largest absolute Gasteiger partial charge is 0.463 e. The minimum atomic E-state index is -0.986. The number of aliphatic hydroxyl groups is 2. The van der Waals surface area contributed by atoms with Crippen molar-refractivity contribution in [1.82, 2.24) is 0 Å². The minimum absolute atomic E-state index is 0.145. The highest BCUT2D eigenvalue weighted by Crippen LogP contribution is 2.05. The van der Waals surface area contributed by atoms with E-state index in [1.54, 1.807) is 0 Å². The van der Waals surface area contributed by atoms with Crippen molar-refractivity contribution in [1.29, 1.82) is 0 Å². The Hall–Kier alpha value is -1.39. The molecule has 2 N–H and O–H groups in total. The molecule has 0 aromatic rings. The highest BCUT2D eigenvalue weighted by molar-refractivity contribution is 5.69. The molecule has 0 bridgehead atoms. The lowest BCUT2D eigenvalue weighted by atomic mass is 10.1. The first-order valence-corrected chi connectivity index (χ1v) is 9.60. The maximum atomic E-state index is 11.3. The van der Waals surface area contributed by atoms with Gasteiger partial charge in [-0.1, -0.05) is 69.1 Å². The van der Waals surface area contributed by atoms with Crippen LogP contribution in [0.25, 0.3) is 0 Å². The summed E-state index contributed by atoms with van der Waals surface area (Å²) in [5.74, 6) is -0.354. The molecule has 1 atom stereocenters. The number of hydrogen-bond acceptors (Lipinski definition) is 4. The van der Waals surface area contributed by atoms with E-state index in [1.165, 1.54) is 38.5 Å². The lowest BCUT2D eigenvalue weighted by Crippen LogP contribution is -2.21. The molecular formula is C21H36O4. The van der Waals surface area contributed by atoms with Crippen LogP contribution in [0.3, 0.4) is 0 Å². The first-order chi connectivity index (χ1) is 12.2. The van der Waals surface area contributed by atoms with Gasteiger partial charge in [0.1, 0.15) is 12.7 Å². The van der Waals surface area contributed by atoms with Crippen LogP contribution in [0.2, 0.25) is 0 Å². The number of allylic oxidation sites excluding steroid dienone is 6. The van der Waals surface area contributed by atoms with Crippen LogP contribution in [0.1, 0.15) is 71.1 Å². The van der Waals surface area contributed by atoms with Crippen molar-refractivity contribution in [3.05, 3.63) is 36.5 Å². The number of esters is 1. The SMILES string of the molecule is CCCCCCC/C=C\C/C=C\C/C=C\CCC(=O)OC[C@@H](O)CO. The average Bonchev–Trinajstić information content (AvgIpc) is 2.62. The maximum absolute atomic E-state index is 11.3. The van der Waals surface area contributed by atoms with Crippen molar-refractivity contribution in [3.8, 4) is 0 Å². The topological polar surface area (TPSA) is 66.8 Å². The van der Waals surface area contributed by atoms with Gasteiger partial charge in [0.2, 0.25) is 0 Å². The molecule has 0 aromatic carbocycles. The normalized spacial score (nSPS) is 13.2. The summed E-state index contributed by atoms with van der Waals surface area (Å²) in [5.41, 5.74) is 0. The van der Waals surface area contributed by atoms with Crippen LogP contribution in [0.15, 0.2) is 36.5 Å². The molecule has 0 aromatic heterocycles. The molecule has 0 rings (SSSR count). The van der Waals surface area contributed by atoms with E-state index < -0.39 is 12.7 Å². The standard InChI is InChI=1S/C21H36O4/c1-2-3-4-5-6-7-8-9-10-11-12-13-14-15-16-17-21(24)25-19-20(23)18-22/h8-9,11-12,14-15,20,22-23H,2-7,10,13,16-19H2,1H3/b9-8-,12-11-,15-14-/t20-/m0/s1. The van der Waals surface area contributed by atoms with Gasteiger partial charge in [0, 0.05) is 6.42 Å². The average molecular weight is 353 g/mol. The minimum Gasteiger partial charge on any atom is -0.463 e. The maximum Gasteiger partial charge on any atom is 0.306 e. The lowest BCUT2D eigenvalue weighted by Gasteiger charge is -2.07. The number of carbonyl (C=O) groups excluding carboxylic acids is 1. The Kier molecular flexibility index (Phi) is 17.9. The van der Waals surface area contributed by atoms with Crippen molar-refractivity contribution in [2.45, 2.75) is 77.2 Å². The monoisotopic (exact) mass is 352 g/mol. The van der Waals surface area contributed by atoms with E-state index >= 15 is 0 Å². The first kappa shape index (κ1) is 23.6. The molecule has 0 aliphatic heterocycles. The molecule has 0 spiro atoms. The molecule has 0 unspecified atom stereocenters. The molecular weight excluding hydrogens is 316 g/mol. The van der Waals surface area contributed by atoms with Crippen LogP contribution in [0, 0.1) is 0 Å². The Morgan fingerprint density at radius 2 is 1.52 bits per heavy atom. The zero-order valence-corrected chi connectivity index (χ0v) is 15.7. The van der Waals surface area contributed by atoms with E-state index in [0.29, 0.717) is 12.8 Å². The van der Waals surface area contributed by atoms with E-state index in [9.17, 15) is 4.79 Å². The van der Waals surface area contributed by atoms with Crippen LogP contribution in [0.4, 0.5) is 0 Å². The zero-order chi connectivity index (χ0) is 18.6. The fourth-order valence-electron chi connectivity index (χ4n) is 2.16. The van der Waals surface area contributed by atoms with Crippen molar-refractivity contribution in [2.75, 3.05) is 13.2 Å². The van der Waals surface area contributed by atoms with E-state index in [1.807, 2.05) is 12.2 Å². The molecule has 0 radical (unpaired) electrons. The fraction of sp³-hybridized carbons (Fsp3) is 0.667. The summed E-state index contributed by atoms with van der Waals surface area (Å²) in [6.07, 6.45) is 22.4. The third-order valence-electron chi connectivity index (χ3n) is 3.68. The summed E-state index contributed by atoms with van der Waals surface area (Å²) in [6, 6.07) is 0. The molecule has 144 valence electrons.